The summed E-state index contributed by atoms with van der Waals surface area (Å²) < 4.78 is 1.27. The van der Waals surface area contributed by atoms with E-state index in [1.54, 1.807) is 0 Å². The fraction of sp³-hybridized carbons (Fsp3) is 0.333. The number of rotatable bonds is 3. The first-order chi connectivity index (χ1) is 5.33. The van der Waals surface area contributed by atoms with Crippen LogP contribution >= 0.6 is 0 Å². The second-order valence-electron chi connectivity index (χ2n) is 2.29. The van der Waals surface area contributed by atoms with Gasteiger partial charge in [-0.1, -0.05) is 0 Å². The summed E-state index contributed by atoms with van der Waals surface area (Å²) >= 11 is 0.232. The molecule has 0 saturated heterocycles. The predicted molar refractivity (Wildman–Crippen MR) is 48.1 cm³/mol. The van der Waals surface area contributed by atoms with Crippen LogP contribution < -0.4 is 4.46 Å². The Morgan fingerprint density at radius 1 is 1.36 bits per heavy atom. The van der Waals surface area contributed by atoms with Gasteiger partial charge in [-0.05, 0) is 0 Å². The van der Waals surface area contributed by atoms with E-state index in [-0.39, 0.29) is 20.0 Å². The Labute approximate surface area is 73.6 Å². The molecule has 0 spiro atoms. The van der Waals surface area contributed by atoms with Crippen molar-refractivity contribution in [2.45, 2.75) is 18.3 Å². The van der Waals surface area contributed by atoms with E-state index >= 15 is 0 Å². The van der Waals surface area contributed by atoms with Crippen LogP contribution in [-0.2, 0) is 0 Å². The van der Waals surface area contributed by atoms with Gasteiger partial charge in [-0.15, -0.1) is 0 Å². The standard InChI is InChI=1S/C9H12OSe/c1-2-9(10)11-8-6-4-3-5-7-8/h3-7,9-10H,2H2,1H3. The average Bonchev–Trinajstić information content (AvgIpc) is 2.06. The monoisotopic (exact) mass is 216 g/mol. The zero-order chi connectivity index (χ0) is 8.10. The maximum absolute atomic E-state index is 9.34. The predicted octanol–water partition coefficient (Wildman–Crippen LogP) is 0.745. The molecule has 60 valence electrons. The molecule has 0 heterocycles. The van der Waals surface area contributed by atoms with Gasteiger partial charge in [0, 0.05) is 0 Å². The normalized spacial score (nSPS) is 12.9. The summed E-state index contributed by atoms with van der Waals surface area (Å²) in [4.78, 5) is 0. The Morgan fingerprint density at radius 2 is 2.00 bits per heavy atom. The summed E-state index contributed by atoms with van der Waals surface area (Å²) in [6.45, 7) is 2.01. The van der Waals surface area contributed by atoms with Crippen molar-refractivity contribution >= 4 is 19.4 Å². The Hall–Kier alpha value is -0.301. The molecule has 1 atom stereocenters. The molecule has 0 saturated carbocycles. The molecule has 0 bridgehead atoms. The Kier molecular flexibility index (Phi) is 3.64. The first-order valence-corrected chi connectivity index (χ1v) is 5.57. The van der Waals surface area contributed by atoms with Gasteiger partial charge in [0.1, 0.15) is 0 Å². The SMILES string of the molecule is CCC(O)[Se]c1ccccc1. The molecule has 0 amide bonds. The molecule has 0 fully saturated rings. The molecule has 1 aromatic carbocycles. The molecule has 0 aliphatic heterocycles. The number of hydrogen-bond donors (Lipinski definition) is 1. The molecular weight excluding hydrogens is 203 g/mol. The van der Waals surface area contributed by atoms with Crippen LogP contribution in [0.5, 0.6) is 0 Å². The Morgan fingerprint density at radius 3 is 2.55 bits per heavy atom. The van der Waals surface area contributed by atoms with Crippen molar-refractivity contribution in [1.29, 1.82) is 0 Å². The van der Waals surface area contributed by atoms with E-state index in [9.17, 15) is 5.11 Å². The van der Waals surface area contributed by atoms with E-state index in [0.717, 1.165) is 6.42 Å². The van der Waals surface area contributed by atoms with Crippen LogP contribution in [0.2, 0.25) is 0 Å². The van der Waals surface area contributed by atoms with Crippen LogP contribution in [0.25, 0.3) is 0 Å². The van der Waals surface area contributed by atoms with Gasteiger partial charge in [-0.25, -0.2) is 0 Å². The summed E-state index contributed by atoms with van der Waals surface area (Å²) in [5, 5.41) is 9.22. The van der Waals surface area contributed by atoms with Gasteiger partial charge in [0.15, 0.2) is 0 Å². The summed E-state index contributed by atoms with van der Waals surface area (Å²) in [6, 6.07) is 10.2. The topological polar surface area (TPSA) is 20.2 Å². The minimum atomic E-state index is -0.120. The fourth-order valence-electron chi connectivity index (χ4n) is 0.739. The third-order valence-corrected chi connectivity index (χ3v) is 3.78. The van der Waals surface area contributed by atoms with E-state index < -0.39 is 0 Å². The summed E-state index contributed by atoms with van der Waals surface area (Å²) in [5.74, 6) is 0. The van der Waals surface area contributed by atoms with Crippen molar-refractivity contribution in [3.05, 3.63) is 30.3 Å². The van der Waals surface area contributed by atoms with Gasteiger partial charge in [0.2, 0.25) is 0 Å². The zero-order valence-corrected chi connectivity index (χ0v) is 8.24. The van der Waals surface area contributed by atoms with Gasteiger partial charge in [-0.2, -0.15) is 0 Å². The van der Waals surface area contributed by atoms with Crippen LogP contribution in [0, 0.1) is 0 Å². The molecule has 11 heavy (non-hydrogen) atoms. The van der Waals surface area contributed by atoms with Crippen LogP contribution in [0.15, 0.2) is 30.3 Å². The summed E-state index contributed by atoms with van der Waals surface area (Å²) in [6.07, 6.45) is 0.856. The van der Waals surface area contributed by atoms with Crippen molar-refractivity contribution in [3.63, 3.8) is 0 Å². The van der Waals surface area contributed by atoms with Gasteiger partial charge in [-0.3, -0.25) is 0 Å². The van der Waals surface area contributed by atoms with E-state index in [1.807, 2.05) is 25.1 Å². The second-order valence-corrected chi connectivity index (χ2v) is 4.92. The van der Waals surface area contributed by atoms with Crippen molar-refractivity contribution < 1.29 is 5.11 Å². The van der Waals surface area contributed by atoms with Gasteiger partial charge in [0.05, 0.1) is 0 Å². The third-order valence-electron chi connectivity index (χ3n) is 1.36. The van der Waals surface area contributed by atoms with E-state index in [1.165, 1.54) is 4.46 Å². The minimum absolute atomic E-state index is 0.120. The summed E-state index contributed by atoms with van der Waals surface area (Å²) in [7, 11) is 0. The van der Waals surface area contributed by atoms with E-state index in [4.69, 9.17) is 0 Å². The summed E-state index contributed by atoms with van der Waals surface area (Å²) in [5.41, 5.74) is 0. The molecule has 0 radical (unpaired) electrons. The maximum atomic E-state index is 9.34. The van der Waals surface area contributed by atoms with E-state index in [2.05, 4.69) is 12.1 Å². The molecule has 1 aromatic rings. The van der Waals surface area contributed by atoms with Crippen molar-refractivity contribution in [2.75, 3.05) is 0 Å². The number of benzene rings is 1. The van der Waals surface area contributed by atoms with Crippen molar-refractivity contribution in [1.82, 2.24) is 0 Å². The van der Waals surface area contributed by atoms with E-state index in [0.29, 0.717) is 0 Å². The van der Waals surface area contributed by atoms with Crippen molar-refractivity contribution in [3.8, 4) is 0 Å². The molecule has 0 aliphatic rings. The first-order valence-electron chi connectivity index (χ1n) is 3.72. The fourth-order valence-corrected chi connectivity index (χ4v) is 2.41. The molecular formula is C9H12OSe. The zero-order valence-electron chi connectivity index (χ0n) is 6.53. The second kappa shape index (κ2) is 4.55. The van der Waals surface area contributed by atoms with Crippen LogP contribution in [0.3, 0.4) is 0 Å². The third kappa shape index (κ3) is 3.06. The van der Waals surface area contributed by atoms with Crippen molar-refractivity contribution in [2.24, 2.45) is 0 Å². The number of aliphatic hydroxyl groups excluding tert-OH is 1. The molecule has 0 aromatic heterocycles. The average molecular weight is 215 g/mol. The molecule has 0 aliphatic carbocycles. The van der Waals surface area contributed by atoms with Crippen LogP contribution in [0.4, 0.5) is 0 Å². The molecule has 1 N–H and O–H groups in total. The molecule has 1 unspecified atom stereocenters. The number of aliphatic hydroxyl groups is 1. The van der Waals surface area contributed by atoms with Crippen LogP contribution in [0.1, 0.15) is 13.3 Å². The molecule has 2 heteroatoms. The molecule has 1 nitrogen and oxygen atoms in total. The van der Waals surface area contributed by atoms with Crippen LogP contribution in [-0.4, -0.2) is 25.1 Å². The first kappa shape index (κ1) is 8.79. The van der Waals surface area contributed by atoms with Gasteiger partial charge < -0.3 is 0 Å². The quantitative estimate of drug-likeness (QED) is 0.737. The Balaban J connectivity index is 2.51. The van der Waals surface area contributed by atoms with Gasteiger partial charge >= 0.3 is 73.2 Å². The Bertz CT molecular complexity index is 198. The van der Waals surface area contributed by atoms with Gasteiger partial charge in [0.25, 0.3) is 0 Å². The number of hydrogen-bond acceptors (Lipinski definition) is 1. The molecule has 1 rings (SSSR count).